The summed E-state index contributed by atoms with van der Waals surface area (Å²) in [5, 5.41) is 10.6. The van der Waals surface area contributed by atoms with Crippen LogP contribution in [0.5, 0.6) is 0 Å². The molecule has 8 nitrogen and oxygen atoms in total. The molecule has 1 aromatic carbocycles. The molecule has 1 fully saturated rings. The molecule has 0 amide bonds. The van der Waals surface area contributed by atoms with E-state index in [0.29, 0.717) is 13.0 Å². The SMILES string of the molecule is [N-]=[N+]=C(C(=O)OC1CCCCO1)c1ccc([N+](=O)[O-])cc1. The lowest BCUT2D eigenvalue weighted by atomic mass is 10.1. The molecular weight excluding hydrogens is 278 g/mol. The minimum Gasteiger partial charge on any atom is -0.427 e. The molecule has 8 heteroatoms. The standard InChI is InChI=1S/C13H13N3O5/c14-15-12(9-4-6-10(7-5-9)16(18)19)13(17)21-11-3-1-2-8-20-11/h4-7,11H,1-3,8H2. The highest BCUT2D eigenvalue weighted by Crippen LogP contribution is 2.16. The molecule has 21 heavy (non-hydrogen) atoms. The van der Waals surface area contributed by atoms with Gasteiger partial charge in [-0.25, -0.2) is 4.79 Å². The second kappa shape index (κ2) is 6.74. The molecule has 0 spiro atoms. The van der Waals surface area contributed by atoms with E-state index in [1.807, 2.05) is 0 Å². The van der Waals surface area contributed by atoms with Gasteiger partial charge in [0.2, 0.25) is 6.29 Å². The Morgan fingerprint density at radius 3 is 2.62 bits per heavy atom. The molecule has 1 atom stereocenters. The molecule has 0 aliphatic carbocycles. The summed E-state index contributed by atoms with van der Waals surface area (Å²) in [5.74, 6) is -0.835. The van der Waals surface area contributed by atoms with Gasteiger partial charge in [0.15, 0.2) is 0 Å². The maximum absolute atomic E-state index is 11.9. The number of nitro benzene ring substituents is 1. The normalized spacial score (nSPS) is 17.6. The van der Waals surface area contributed by atoms with Gasteiger partial charge in [-0.1, -0.05) is 0 Å². The smallest absolute Gasteiger partial charge is 0.424 e. The number of benzene rings is 1. The number of hydrogen-bond acceptors (Lipinski definition) is 5. The molecule has 1 heterocycles. The molecule has 1 aromatic rings. The quantitative estimate of drug-likeness (QED) is 0.209. The van der Waals surface area contributed by atoms with Gasteiger partial charge in [-0.3, -0.25) is 10.1 Å². The zero-order chi connectivity index (χ0) is 15.2. The number of nitro groups is 1. The van der Waals surface area contributed by atoms with Crippen molar-refractivity contribution < 1.29 is 24.0 Å². The summed E-state index contributed by atoms with van der Waals surface area (Å²) >= 11 is 0. The second-order valence-electron chi connectivity index (χ2n) is 4.45. The minimum absolute atomic E-state index is 0.125. The average molecular weight is 291 g/mol. The van der Waals surface area contributed by atoms with Gasteiger partial charge in [0.1, 0.15) is 0 Å². The lowest BCUT2D eigenvalue weighted by molar-refractivity contribution is -0.384. The van der Waals surface area contributed by atoms with Gasteiger partial charge in [0.25, 0.3) is 5.69 Å². The van der Waals surface area contributed by atoms with Crippen molar-refractivity contribution in [1.82, 2.24) is 0 Å². The molecule has 2 rings (SSSR count). The summed E-state index contributed by atoms with van der Waals surface area (Å²) in [4.78, 5) is 24.9. The van der Waals surface area contributed by atoms with Crippen molar-refractivity contribution in [2.24, 2.45) is 0 Å². The summed E-state index contributed by atoms with van der Waals surface area (Å²) in [6.45, 7) is 0.515. The van der Waals surface area contributed by atoms with Crippen LogP contribution >= 0.6 is 0 Å². The van der Waals surface area contributed by atoms with Crippen molar-refractivity contribution in [3.8, 4) is 0 Å². The second-order valence-corrected chi connectivity index (χ2v) is 4.45. The van der Waals surface area contributed by atoms with Crippen LogP contribution in [0, 0.1) is 10.1 Å². The van der Waals surface area contributed by atoms with Crippen molar-refractivity contribution in [1.29, 1.82) is 0 Å². The number of hydrogen-bond donors (Lipinski definition) is 0. The number of carbonyl (C=O) groups is 1. The Labute approximate surface area is 120 Å². The summed E-state index contributed by atoms with van der Waals surface area (Å²) in [5.41, 5.74) is 8.75. The summed E-state index contributed by atoms with van der Waals surface area (Å²) in [6, 6.07) is 5.06. The summed E-state index contributed by atoms with van der Waals surface area (Å²) in [6.07, 6.45) is 1.74. The molecule has 110 valence electrons. The molecule has 1 aliphatic heterocycles. The van der Waals surface area contributed by atoms with E-state index >= 15 is 0 Å². The fourth-order valence-electron chi connectivity index (χ4n) is 1.94. The van der Waals surface area contributed by atoms with E-state index in [-0.39, 0.29) is 17.0 Å². The Morgan fingerprint density at radius 2 is 2.10 bits per heavy atom. The van der Waals surface area contributed by atoms with E-state index in [1.165, 1.54) is 24.3 Å². The predicted molar refractivity (Wildman–Crippen MR) is 70.5 cm³/mol. The number of esters is 1. The Kier molecular flexibility index (Phi) is 4.76. The highest BCUT2D eigenvalue weighted by Gasteiger charge is 2.29. The molecular formula is C13H13N3O5. The highest BCUT2D eigenvalue weighted by atomic mass is 16.7. The molecule has 0 aromatic heterocycles. The first-order valence-corrected chi connectivity index (χ1v) is 6.41. The van der Waals surface area contributed by atoms with Gasteiger partial charge in [0, 0.05) is 18.6 Å². The maximum atomic E-state index is 11.9. The first-order valence-electron chi connectivity index (χ1n) is 6.41. The summed E-state index contributed by atoms with van der Waals surface area (Å²) < 4.78 is 10.4. The lowest BCUT2D eigenvalue weighted by Gasteiger charge is -2.21. The third-order valence-electron chi connectivity index (χ3n) is 3.02. The summed E-state index contributed by atoms with van der Waals surface area (Å²) in [7, 11) is 0. The van der Waals surface area contributed by atoms with Crippen molar-refractivity contribution in [3.63, 3.8) is 0 Å². The van der Waals surface area contributed by atoms with Crippen molar-refractivity contribution >= 4 is 17.4 Å². The highest BCUT2D eigenvalue weighted by molar-refractivity contribution is 6.40. The van der Waals surface area contributed by atoms with Gasteiger partial charge in [-0.2, -0.15) is 4.79 Å². The van der Waals surface area contributed by atoms with Gasteiger partial charge in [-0.15, -0.1) is 0 Å². The lowest BCUT2D eigenvalue weighted by Crippen LogP contribution is -2.30. The zero-order valence-electron chi connectivity index (χ0n) is 11.1. The van der Waals surface area contributed by atoms with Crippen molar-refractivity contribution in [2.75, 3.05) is 6.61 Å². The molecule has 0 bridgehead atoms. The number of carbonyl (C=O) groups excluding carboxylic acids is 1. The van der Waals surface area contributed by atoms with Crippen LogP contribution in [-0.4, -0.2) is 34.3 Å². The minimum atomic E-state index is -0.835. The van der Waals surface area contributed by atoms with Gasteiger partial charge in [0.05, 0.1) is 17.1 Å². The Morgan fingerprint density at radius 1 is 1.38 bits per heavy atom. The van der Waals surface area contributed by atoms with Crippen LogP contribution in [0.2, 0.25) is 0 Å². The van der Waals surface area contributed by atoms with Crippen LogP contribution in [0.1, 0.15) is 24.8 Å². The molecule has 1 aliphatic rings. The van der Waals surface area contributed by atoms with E-state index in [9.17, 15) is 14.9 Å². The van der Waals surface area contributed by atoms with E-state index in [2.05, 4.69) is 4.79 Å². The molecule has 0 radical (unpaired) electrons. The number of nitrogens with zero attached hydrogens (tertiary/aromatic N) is 3. The van der Waals surface area contributed by atoms with E-state index in [4.69, 9.17) is 15.0 Å². The van der Waals surface area contributed by atoms with Crippen LogP contribution < -0.4 is 0 Å². The molecule has 0 N–H and O–H groups in total. The van der Waals surface area contributed by atoms with Gasteiger partial charge >= 0.3 is 11.7 Å². The molecule has 0 saturated carbocycles. The van der Waals surface area contributed by atoms with Crippen LogP contribution in [0.15, 0.2) is 24.3 Å². The van der Waals surface area contributed by atoms with Crippen molar-refractivity contribution in [2.45, 2.75) is 25.6 Å². The van der Waals surface area contributed by atoms with Crippen LogP contribution in [0.25, 0.3) is 5.53 Å². The largest absolute Gasteiger partial charge is 0.427 e. The topological polar surface area (TPSA) is 115 Å². The number of rotatable bonds is 4. The first-order chi connectivity index (χ1) is 10.1. The third kappa shape index (κ3) is 3.71. The van der Waals surface area contributed by atoms with E-state index < -0.39 is 17.2 Å². The molecule has 1 saturated heterocycles. The number of non-ortho nitro benzene ring substituents is 1. The first kappa shape index (κ1) is 14.8. The Bertz CT molecular complexity index is 586. The Hall–Kier alpha value is -2.57. The fraction of sp³-hybridized carbons (Fsp3) is 0.385. The predicted octanol–water partition coefficient (Wildman–Crippen LogP) is 1.68. The van der Waals surface area contributed by atoms with E-state index in [1.54, 1.807) is 0 Å². The van der Waals surface area contributed by atoms with Gasteiger partial charge in [-0.05, 0) is 25.0 Å². The van der Waals surface area contributed by atoms with Crippen LogP contribution in [-0.2, 0) is 14.3 Å². The average Bonchev–Trinajstić information content (AvgIpc) is 2.49. The monoisotopic (exact) mass is 291 g/mol. The van der Waals surface area contributed by atoms with Crippen LogP contribution in [0.3, 0.4) is 0 Å². The molecule has 1 unspecified atom stereocenters. The Balaban J connectivity index is 2.09. The van der Waals surface area contributed by atoms with E-state index in [0.717, 1.165) is 12.8 Å². The van der Waals surface area contributed by atoms with Crippen LogP contribution in [0.4, 0.5) is 5.69 Å². The fourth-order valence-corrected chi connectivity index (χ4v) is 1.94. The third-order valence-corrected chi connectivity index (χ3v) is 3.02. The van der Waals surface area contributed by atoms with Crippen molar-refractivity contribution in [3.05, 3.63) is 45.5 Å². The number of ether oxygens (including phenoxy) is 2. The zero-order valence-corrected chi connectivity index (χ0v) is 11.1. The maximum Gasteiger partial charge on any atom is 0.424 e. The van der Waals surface area contributed by atoms with Gasteiger partial charge < -0.3 is 15.0 Å².